The van der Waals surface area contributed by atoms with E-state index in [1.165, 1.54) is 7.11 Å². The van der Waals surface area contributed by atoms with Crippen LogP contribution in [0.25, 0.3) is 11.1 Å². The Balaban J connectivity index is 0.885. The first-order chi connectivity index (χ1) is 26.5. The molecule has 2 fully saturated rings. The minimum atomic E-state index is -1.01. The molecule has 0 bridgehead atoms. The Bertz CT molecular complexity index is 2330. The predicted octanol–water partition coefficient (Wildman–Crippen LogP) is 5.89. The van der Waals surface area contributed by atoms with Gasteiger partial charge in [0.1, 0.15) is 23.6 Å². The van der Waals surface area contributed by atoms with Gasteiger partial charge in [-0.1, -0.05) is 18.2 Å². The molecule has 4 aromatic rings. The van der Waals surface area contributed by atoms with Crippen molar-refractivity contribution in [1.29, 1.82) is 5.26 Å². The van der Waals surface area contributed by atoms with Crippen molar-refractivity contribution in [2.24, 2.45) is 5.92 Å². The molecular weight excluding hydrogens is 699 g/mol. The Hall–Kier alpha value is -6.48. The molecule has 0 aromatic heterocycles. The minimum absolute atomic E-state index is 0.0482. The molecule has 1 N–H and O–H groups in total. The van der Waals surface area contributed by atoms with Gasteiger partial charge in [-0.2, -0.15) is 5.26 Å². The Kier molecular flexibility index (Phi) is 8.88. The first-order valence-electron chi connectivity index (χ1n) is 18.4. The van der Waals surface area contributed by atoms with Crippen LogP contribution in [0.15, 0.2) is 78.9 Å². The molecule has 0 spiro atoms. The molecule has 2 atom stereocenters. The van der Waals surface area contributed by atoms with Crippen LogP contribution in [0, 0.1) is 17.2 Å². The third-order valence-electron chi connectivity index (χ3n) is 11.3. The first kappa shape index (κ1) is 35.5. The maximum absolute atomic E-state index is 13.7. The van der Waals surface area contributed by atoms with Gasteiger partial charge in [0, 0.05) is 31.3 Å². The summed E-state index contributed by atoms with van der Waals surface area (Å²) in [7, 11) is 1.51. The normalized spacial score (nSPS) is 20.0. The van der Waals surface area contributed by atoms with Crippen molar-refractivity contribution in [3.05, 3.63) is 101 Å². The number of carbonyl (C=O) groups is 5. The number of methoxy groups -OCH3 is 1. The van der Waals surface area contributed by atoms with Crippen LogP contribution >= 0.6 is 0 Å². The number of rotatable bonds is 9. The largest absolute Gasteiger partial charge is 0.495 e. The molecule has 4 aliphatic rings. The summed E-state index contributed by atoms with van der Waals surface area (Å²) in [6.07, 6.45) is 2.01. The van der Waals surface area contributed by atoms with Crippen molar-refractivity contribution in [1.82, 2.24) is 10.2 Å². The molecular formula is C43H39N5O7. The zero-order valence-corrected chi connectivity index (χ0v) is 30.8. The number of fused-ring (bicyclic) bond motifs is 2. The van der Waals surface area contributed by atoms with E-state index in [0.717, 1.165) is 58.9 Å². The summed E-state index contributed by atoms with van der Waals surface area (Å²) in [4.78, 5) is 68.9. The Labute approximate surface area is 318 Å². The van der Waals surface area contributed by atoms with E-state index in [1.54, 1.807) is 41.3 Å². The third-order valence-corrected chi connectivity index (χ3v) is 11.3. The fourth-order valence-electron chi connectivity index (χ4n) is 8.13. The van der Waals surface area contributed by atoms with E-state index in [9.17, 15) is 29.2 Å². The summed E-state index contributed by atoms with van der Waals surface area (Å²) in [5.74, 6) is -0.875. The van der Waals surface area contributed by atoms with Crippen LogP contribution in [-0.4, -0.2) is 67.3 Å². The zero-order valence-electron chi connectivity index (χ0n) is 30.8. The summed E-state index contributed by atoms with van der Waals surface area (Å²) in [5.41, 5.74) is 5.67. The van der Waals surface area contributed by atoms with Gasteiger partial charge >= 0.3 is 0 Å². The molecule has 2 saturated heterocycles. The summed E-state index contributed by atoms with van der Waals surface area (Å²) in [5, 5.41) is 11.6. The number of nitriles is 1. The smallest absolute Gasteiger partial charge is 0.262 e. The number of ether oxygens (including phenoxy) is 2. The highest BCUT2D eigenvalue weighted by molar-refractivity contribution is 6.23. The average molecular weight is 738 g/mol. The van der Waals surface area contributed by atoms with Crippen LogP contribution in [0.3, 0.4) is 0 Å². The number of nitrogens with zero attached hydrogens (tertiary/aromatic N) is 4. The average Bonchev–Trinajstić information content (AvgIpc) is 3.82. The highest BCUT2D eigenvalue weighted by atomic mass is 16.5. The lowest BCUT2D eigenvalue weighted by molar-refractivity contribution is -0.136. The van der Waals surface area contributed by atoms with Gasteiger partial charge in [-0.05, 0) is 110 Å². The molecule has 4 aliphatic heterocycles. The van der Waals surface area contributed by atoms with Crippen LogP contribution in [0.5, 0.6) is 11.5 Å². The molecule has 0 aliphatic carbocycles. The topological polar surface area (TPSA) is 149 Å². The van der Waals surface area contributed by atoms with Gasteiger partial charge in [0.15, 0.2) is 0 Å². The van der Waals surface area contributed by atoms with Crippen molar-refractivity contribution in [3.8, 4) is 28.7 Å². The lowest BCUT2D eigenvalue weighted by atomic mass is 9.84. The molecule has 2 unspecified atom stereocenters. The Morgan fingerprint density at radius 1 is 0.855 bits per heavy atom. The van der Waals surface area contributed by atoms with Gasteiger partial charge in [-0.25, -0.2) is 0 Å². The molecule has 278 valence electrons. The molecule has 55 heavy (non-hydrogen) atoms. The number of hydrogen-bond acceptors (Lipinski definition) is 9. The minimum Gasteiger partial charge on any atom is -0.495 e. The lowest BCUT2D eigenvalue weighted by Crippen LogP contribution is -2.54. The maximum atomic E-state index is 13.7. The Morgan fingerprint density at radius 3 is 2.35 bits per heavy atom. The number of hydrogen-bond donors (Lipinski definition) is 1. The van der Waals surface area contributed by atoms with Crippen molar-refractivity contribution in [3.63, 3.8) is 0 Å². The lowest BCUT2D eigenvalue weighted by Gasteiger charge is -2.27. The van der Waals surface area contributed by atoms with Gasteiger partial charge in [0.25, 0.3) is 11.8 Å². The van der Waals surface area contributed by atoms with Crippen LogP contribution in [0.4, 0.5) is 17.1 Å². The van der Waals surface area contributed by atoms with Crippen LogP contribution in [0.1, 0.15) is 71.4 Å². The van der Waals surface area contributed by atoms with E-state index in [2.05, 4.69) is 46.6 Å². The van der Waals surface area contributed by atoms with Gasteiger partial charge < -0.3 is 14.4 Å². The fraction of sp³-hybridized carbons (Fsp3) is 0.302. The molecule has 0 saturated carbocycles. The molecule has 8 rings (SSSR count). The summed E-state index contributed by atoms with van der Waals surface area (Å²) < 4.78 is 11.4. The van der Waals surface area contributed by atoms with Crippen LogP contribution in [-0.2, 0) is 19.8 Å². The molecule has 4 heterocycles. The number of anilines is 3. The van der Waals surface area contributed by atoms with Gasteiger partial charge in [0.2, 0.25) is 17.7 Å². The van der Waals surface area contributed by atoms with Crippen molar-refractivity contribution in [2.45, 2.75) is 51.0 Å². The van der Waals surface area contributed by atoms with Crippen molar-refractivity contribution < 1.29 is 33.4 Å². The van der Waals surface area contributed by atoms with Crippen molar-refractivity contribution in [2.75, 3.05) is 36.6 Å². The monoisotopic (exact) mass is 737 g/mol. The second-order valence-corrected chi connectivity index (χ2v) is 14.9. The van der Waals surface area contributed by atoms with Gasteiger partial charge in [-0.3, -0.25) is 39.1 Å². The number of amides is 5. The molecule has 5 amide bonds. The highest BCUT2D eigenvalue weighted by Crippen LogP contribution is 2.47. The quantitative estimate of drug-likeness (QED) is 0.208. The number of carbonyl (C=O) groups excluding carboxylic acids is 5. The number of imide groups is 2. The van der Waals surface area contributed by atoms with E-state index in [1.807, 2.05) is 26.0 Å². The van der Waals surface area contributed by atoms with Crippen LogP contribution < -0.4 is 24.6 Å². The molecule has 0 radical (unpaired) electrons. The number of piperidine rings is 1. The second-order valence-electron chi connectivity index (χ2n) is 14.9. The number of benzene rings is 4. The fourth-order valence-corrected chi connectivity index (χ4v) is 8.13. The van der Waals surface area contributed by atoms with E-state index in [0.29, 0.717) is 35.3 Å². The predicted molar refractivity (Wildman–Crippen MR) is 203 cm³/mol. The summed E-state index contributed by atoms with van der Waals surface area (Å²) in [6, 6.07) is 25.7. The van der Waals surface area contributed by atoms with E-state index in [-0.39, 0.29) is 29.9 Å². The van der Waals surface area contributed by atoms with Gasteiger partial charge in [0.05, 0.1) is 47.2 Å². The molecule has 12 heteroatoms. The van der Waals surface area contributed by atoms with Gasteiger partial charge in [-0.15, -0.1) is 0 Å². The standard InChI is InChI=1S/C43H39N5O7/c1-43(2)34-20-27(7-13-35(34)47(42(43)53)30-10-6-28(23-44)37(21-30)54-3)26-4-8-29(9-5-26)46-18-16-25(24-46)17-19-55-31-11-12-32-33(22-31)41(52)48(40(32)51)36-14-15-38(49)45-39(36)50/h4-13,20-22,25,36H,14-19,24H2,1-3H3,(H,45,49,50). The summed E-state index contributed by atoms with van der Waals surface area (Å²) in [6.45, 7) is 6.12. The summed E-state index contributed by atoms with van der Waals surface area (Å²) >= 11 is 0. The zero-order chi connectivity index (χ0) is 38.6. The number of nitrogens with one attached hydrogen (secondary N) is 1. The van der Waals surface area contributed by atoms with Crippen molar-refractivity contribution >= 4 is 46.6 Å². The SMILES string of the molecule is COc1cc(N2C(=O)C(C)(C)c3cc(-c4ccc(N5CCC(CCOc6ccc7c(c6)C(=O)N(C6CCC(=O)NC6=O)C7=O)C5)cc4)ccc32)ccc1C#N. The third kappa shape index (κ3) is 6.15. The van der Waals surface area contributed by atoms with E-state index in [4.69, 9.17) is 9.47 Å². The second kappa shape index (κ2) is 13.7. The van der Waals surface area contributed by atoms with Crippen LogP contribution in [0.2, 0.25) is 0 Å². The molecule has 12 nitrogen and oxygen atoms in total. The molecule has 4 aromatic carbocycles. The van der Waals surface area contributed by atoms with E-state index >= 15 is 0 Å². The highest BCUT2D eigenvalue weighted by Gasteiger charge is 2.46. The first-order valence-corrected chi connectivity index (χ1v) is 18.4. The maximum Gasteiger partial charge on any atom is 0.262 e. The Morgan fingerprint density at radius 2 is 1.60 bits per heavy atom. The van der Waals surface area contributed by atoms with E-state index < -0.39 is 35.1 Å².